The molecule has 8 heteroatoms. The summed E-state index contributed by atoms with van der Waals surface area (Å²) >= 11 is 0. The molecule has 0 unspecified atom stereocenters. The normalized spacial score (nSPS) is 15.5. The van der Waals surface area contributed by atoms with Crippen LogP contribution in [0.25, 0.3) is 0 Å². The number of amides is 2. The second kappa shape index (κ2) is 8.20. The van der Waals surface area contributed by atoms with Crippen LogP contribution >= 0.6 is 0 Å². The number of carbonyl (C=O) groups excluding carboxylic acids is 1. The van der Waals surface area contributed by atoms with Crippen molar-refractivity contribution >= 4 is 16.1 Å². The molecule has 2 aromatic rings. The largest absolute Gasteiger partial charge is 0.473 e. The minimum atomic E-state index is -3.51. The summed E-state index contributed by atoms with van der Waals surface area (Å²) < 4.78 is 32.0. The summed E-state index contributed by atoms with van der Waals surface area (Å²) in [4.78, 5) is 14.0. The molecule has 0 spiro atoms. The number of hydrogen-bond acceptors (Lipinski definition) is 4. The van der Waals surface area contributed by atoms with E-state index in [9.17, 15) is 13.2 Å². The Balaban J connectivity index is 1.48. The molecule has 2 aromatic carbocycles. The first-order valence-electron chi connectivity index (χ1n) is 8.33. The van der Waals surface area contributed by atoms with Crippen LogP contribution in [-0.2, 0) is 10.0 Å². The van der Waals surface area contributed by atoms with Gasteiger partial charge in [-0.1, -0.05) is 36.4 Å². The van der Waals surface area contributed by atoms with E-state index in [1.54, 1.807) is 47.4 Å². The molecule has 1 fully saturated rings. The standard InChI is InChI=1S/C18H21N3O4S/c22-18(19-15-25-16-7-3-1-4-8-16)20-11-13-21(14-12-20)26(23,24)17-9-5-2-6-10-17/h1-10H,11-15H2,(H,19,22). The lowest BCUT2D eigenvalue weighted by Gasteiger charge is -2.33. The zero-order valence-electron chi connectivity index (χ0n) is 14.2. The molecule has 1 aliphatic rings. The number of benzene rings is 2. The van der Waals surface area contributed by atoms with Crippen LogP contribution in [0.4, 0.5) is 4.79 Å². The lowest BCUT2D eigenvalue weighted by Crippen LogP contribution is -2.53. The third-order valence-corrected chi connectivity index (χ3v) is 6.03. The molecule has 1 heterocycles. The van der Waals surface area contributed by atoms with Gasteiger partial charge in [-0.25, -0.2) is 13.2 Å². The lowest BCUT2D eigenvalue weighted by atomic mass is 10.3. The van der Waals surface area contributed by atoms with Crippen molar-refractivity contribution in [3.05, 3.63) is 60.7 Å². The van der Waals surface area contributed by atoms with Crippen LogP contribution in [0.5, 0.6) is 5.75 Å². The van der Waals surface area contributed by atoms with Gasteiger partial charge in [-0.15, -0.1) is 0 Å². The van der Waals surface area contributed by atoms with Gasteiger partial charge >= 0.3 is 6.03 Å². The van der Waals surface area contributed by atoms with E-state index in [0.29, 0.717) is 18.8 Å². The Labute approximate surface area is 153 Å². The summed E-state index contributed by atoms with van der Waals surface area (Å²) in [5.74, 6) is 0.673. The van der Waals surface area contributed by atoms with Crippen LogP contribution < -0.4 is 10.1 Å². The molecule has 138 valence electrons. The first kappa shape index (κ1) is 18.2. The molecule has 1 saturated heterocycles. The highest BCUT2D eigenvalue weighted by molar-refractivity contribution is 7.89. The summed E-state index contributed by atoms with van der Waals surface area (Å²) in [7, 11) is -3.51. The number of urea groups is 1. The molecule has 7 nitrogen and oxygen atoms in total. The second-order valence-corrected chi connectivity index (χ2v) is 7.73. The van der Waals surface area contributed by atoms with E-state index >= 15 is 0 Å². The quantitative estimate of drug-likeness (QED) is 0.808. The number of nitrogens with one attached hydrogen (secondary N) is 1. The maximum absolute atomic E-state index is 12.6. The fourth-order valence-electron chi connectivity index (χ4n) is 2.68. The van der Waals surface area contributed by atoms with Crippen LogP contribution in [0.1, 0.15) is 0 Å². The lowest BCUT2D eigenvalue weighted by molar-refractivity contribution is 0.162. The summed E-state index contributed by atoms with van der Waals surface area (Å²) in [6, 6.07) is 17.3. The van der Waals surface area contributed by atoms with Crippen LogP contribution in [-0.4, -0.2) is 56.6 Å². The summed E-state index contributed by atoms with van der Waals surface area (Å²) in [6.07, 6.45) is 0. The van der Waals surface area contributed by atoms with E-state index < -0.39 is 10.0 Å². The Kier molecular flexibility index (Phi) is 5.75. The van der Waals surface area contributed by atoms with Gasteiger partial charge in [0, 0.05) is 26.2 Å². The monoisotopic (exact) mass is 375 g/mol. The van der Waals surface area contributed by atoms with Gasteiger partial charge in [0.25, 0.3) is 0 Å². The van der Waals surface area contributed by atoms with Gasteiger partial charge in [0.1, 0.15) is 5.75 Å². The zero-order valence-corrected chi connectivity index (χ0v) is 15.1. The molecule has 2 amide bonds. The second-order valence-electron chi connectivity index (χ2n) is 5.79. The van der Waals surface area contributed by atoms with E-state index in [1.165, 1.54) is 4.31 Å². The van der Waals surface area contributed by atoms with Crippen LogP contribution in [0.2, 0.25) is 0 Å². The maximum Gasteiger partial charge on any atom is 0.320 e. The number of rotatable bonds is 5. The number of carbonyl (C=O) groups is 1. The maximum atomic E-state index is 12.6. The van der Waals surface area contributed by atoms with E-state index in [2.05, 4.69) is 5.32 Å². The Bertz CT molecular complexity index is 820. The van der Waals surface area contributed by atoms with Crippen LogP contribution in [0.3, 0.4) is 0 Å². The van der Waals surface area contributed by atoms with Crippen molar-refractivity contribution < 1.29 is 17.9 Å². The van der Waals surface area contributed by atoms with E-state index in [1.807, 2.05) is 18.2 Å². The van der Waals surface area contributed by atoms with Gasteiger partial charge in [-0.3, -0.25) is 0 Å². The van der Waals surface area contributed by atoms with Gasteiger partial charge in [-0.05, 0) is 24.3 Å². The van der Waals surface area contributed by atoms with Gasteiger partial charge in [0.15, 0.2) is 6.73 Å². The zero-order chi connectivity index (χ0) is 18.4. The van der Waals surface area contributed by atoms with E-state index in [-0.39, 0.29) is 30.7 Å². The molecule has 1 aliphatic heterocycles. The third kappa shape index (κ3) is 4.33. The molecule has 26 heavy (non-hydrogen) atoms. The van der Waals surface area contributed by atoms with Crippen molar-refractivity contribution in [2.24, 2.45) is 0 Å². The van der Waals surface area contributed by atoms with Gasteiger partial charge in [0.2, 0.25) is 10.0 Å². The van der Waals surface area contributed by atoms with Crippen molar-refractivity contribution in [2.45, 2.75) is 4.90 Å². The molecule has 0 atom stereocenters. The molecule has 0 aliphatic carbocycles. The van der Waals surface area contributed by atoms with Crippen molar-refractivity contribution in [1.82, 2.24) is 14.5 Å². The summed E-state index contributed by atoms with van der Waals surface area (Å²) in [6.45, 7) is 1.27. The predicted octanol–water partition coefficient (Wildman–Crippen LogP) is 1.74. The van der Waals surface area contributed by atoms with Crippen molar-refractivity contribution in [2.75, 3.05) is 32.9 Å². The van der Waals surface area contributed by atoms with E-state index in [0.717, 1.165) is 0 Å². The highest BCUT2D eigenvalue weighted by Crippen LogP contribution is 2.17. The number of ether oxygens (including phenoxy) is 1. The fourth-order valence-corrected chi connectivity index (χ4v) is 4.13. The average molecular weight is 375 g/mol. The van der Waals surface area contributed by atoms with Gasteiger partial charge in [-0.2, -0.15) is 4.31 Å². The van der Waals surface area contributed by atoms with Crippen LogP contribution in [0.15, 0.2) is 65.6 Å². The number of piperazine rings is 1. The predicted molar refractivity (Wildman–Crippen MR) is 97.2 cm³/mol. The molecule has 0 aromatic heterocycles. The summed E-state index contributed by atoms with van der Waals surface area (Å²) in [5.41, 5.74) is 0. The number of hydrogen-bond donors (Lipinski definition) is 1. The van der Waals surface area contributed by atoms with Crippen molar-refractivity contribution in [3.8, 4) is 5.75 Å². The number of para-hydroxylation sites is 1. The van der Waals surface area contributed by atoms with Gasteiger partial charge < -0.3 is 15.0 Å². The molecule has 0 radical (unpaired) electrons. The Hall–Kier alpha value is -2.58. The minimum Gasteiger partial charge on any atom is -0.473 e. The smallest absolute Gasteiger partial charge is 0.320 e. The molecule has 1 N–H and O–H groups in total. The minimum absolute atomic E-state index is 0.0609. The number of nitrogens with zero attached hydrogens (tertiary/aromatic N) is 2. The molecule has 0 bridgehead atoms. The van der Waals surface area contributed by atoms with Crippen LogP contribution in [0, 0.1) is 0 Å². The Morgan fingerprint density at radius 3 is 2.12 bits per heavy atom. The fraction of sp³-hybridized carbons (Fsp3) is 0.278. The van der Waals surface area contributed by atoms with Crippen molar-refractivity contribution in [1.29, 1.82) is 0 Å². The first-order chi connectivity index (χ1) is 12.6. The molecular weight excluding hydrogens is 354 g/mol. The Morgan fingerprint density at radius 2 is 1.50 bits per heavy atom. The highest BCUT2D eigenvalue weighted by atomic mass is 32.2. The SMILES string of the molecule is O=C(NCOc1ccccc1)N1CCN(S(=O)(=O)c2ccccc2)CC1. The average Bonchev–Trinajstić information content (AvgIpc) is 2.69. The van der Waals surface area contributed by atoms with Crippen molar-refractivity contribution in [3.63, 3.8) is 0 Å². The Morgan fingerprint density at radius 1 is 0.923 bits per heavy atom. The topological polar surface area (TPSA) is 79.0 Å². The van der Waals surface area contributed by atoms with Gasteiger partial charge in [0.05, 0.1) is 4.90 Å². The molecule has 0 saturated carbocycles. The van der Waals surface area contributed by atoms with E-state index in [4.69, 9.17) is 4.74 Å². The first-order valence-corrected chi connectivity index (χ1v) is 9.77. The number of sulfonamides is 1. The molecule has 3 rings (SSSR count). The third-order valence-electron chi connectivity index (χ3n) is 4.11. The molecular formula is C18H21N3O4S. The highest BCUT2D eigenvalue weighted by Gasteiger charge is 2.29. The summed E-state index contributed by atoms with van der Waals surface area (Å²) in [5, 5.41) is 2.68.